The topological polar surface area (TPSA) is 88.6 Å². The Hall–Kier alpha value is -1.82. The average Bonchev–Trinajstić information content (AvgIpc) is 2.95. The molecule has 0 aliphatic carbocycles. The van der Waals surface area contributed by atoms with E-state index < -0.39 is 0 Å². The zero-order chi connectivity index (χ0) is 13.1. The van der Waals surface area contributed by atoms with Gasteiger partial charge in [-0.2, -0.15) is 0 Å². The van der Waals surface area contributed by atoms with Crippen molar-refractivity contribution in [3.63, 3.8) is 0 Å². The summed E-state index contributed by atoms with van der Waals surface area (Å²) in [5, 5.41) is 2.81. The molecule has 1 saturated heterocycles. The van der Waals surface area contributed by atoms with Gasteiger partial charge in [0, 0.05) is 26.1 Å². The number of nitrogens with one attached hydrogen (secondary N) is 1. The summed E-state index contributed by atoms with van der Waals surface area (Å²) in [4.78, 5) is 24.7. The molecule has 18 heavy (non-hydrogen) atoms. The summed E-state index contributed by atoms with van der Waals surface area (Å²) in [6.07, 6.45) is 0.774. The monoisotopic (exact) mass is 251 g/mol. The molecule has 0 radical (unpaired) electrons. The molecule has 1 atom stereocenters. The molecule has 1 aromatic heterocycles. The maximum atomic E-state index is 12.1. The maximum absolute atomic E-state index is 12.1. The second-order valence-electron chi connectivity index (χ2n) is 4.41. The summed E-state index contributed by atoms with van der Waals surface area (Å²) >= 11 is 0. The Bertz CT molecular complexity index is 455. The SMILES string of the molecule is CC(=O)NC1CCN(C(=O)c2ccc(CN)o2)C1. The number of carbonyl (C=O) groups excluding carboxylic acids is 2. The van der Waals surface area contributed by atoms with Gasteiger partial charge in [-0.3, -0.25) is 9.59 Å². The Kier molecular flexibility index (Phi) is 3.66. The third kappa shape index (κ3) is 2.70. The highest BCUT2D eigenvalue weighted by Gasteiger charge is 2.28. The van der Waals surface area contributed by atoms with Crippen molar-refractivity contribution >= 4 is 11.8 Å². The molecular formula is C12H17N3O3. The number of likely N-dealkylation sites (tertiary alicyclic amines) is 1. The molecule has 0 spiro atoms. The predicted octanol–water partition coefficient (Wildman–Crippen LogP) is 0.0889. The third-order valence-corrected chi connectivity index (χ3v) is 2.96. The van der Waals surface area contributed by atoms with Gasteiger partial charge in [-0.15, -0.1) is 0 Å². The Balaban J connectivity index is 1.96. The highest BCUT2D eigenvalue weighted by atomic mass is 16.4. The minimum absolute atomic E-state index is 0.0374. The van der Waals surface area contributed by atoms with Gasteiger partial charge >= 0.3 is 0 Å². The molecule has 2 amide bonds. The average molecular weight is 251 g/mol. The van der Waals surface area contributed by atoms with Gasteiger partial charge in [0.25, 0.3) is 5.91 Å². The number of carbonyl (C=O) groups is 2. The lowest BCUT2D eigenvalue weighted by atomic mass is 10.2. The van der Waals surface area contributed by atoms with Crippen LogP contribution >= 0.6 is 0 Å². The van der Waals surface area contributed by atoms with Crippen molar-refractivity contribution in [2.24, 2.45) is 5.73 Å². The van der Waals surface area contributed by atoms with E-state index >= 15 is 0 Å². The fraction of sp³-hybridized carbons (Fsp3) is 0.500. The normalized spacial score (nSPS) is 19.0. The fourth-order valence-corrected chi connectivity index (χ4v) is 2.11. The number of furan rings is 1. The molecule has 98 valence electrons. The minimum Gasteiger partial charge on any atom is -0.455 e. The first-order chi connectivity index (χ1) is 8.60. The second kappa shape index (κ2) is 5.22. The zero-order valence-electron chi connectivity index (χ0n) is 10.3. The second-order valence-corrected chi connectivity index (χ2v) is 4.41. The maximum Gasteiger partial charge on any atom is 0.289 e. The molecule has 1 fully saturated rings. The summed E-state index contributed by atoms with van der Waals surface area (Å²) in [5.41, 5.74) is 5.43. The van der Waals surface area contributed by atoms with E-state index in [1.54, 1.807) is 17.0 Å². The Labute approximate surface area is 105 Å². The van der Waals surface area contributed by atoms with Crippen LogP contribution in [0.3, 0.4) is 0 Å². The number of hydrogen-bond acceptors (Lipinski definition) is 4. The van der Waals surface area contributed by atoms with Gasteiger partial charge in [0.15, 0.2) is 5.76 Å². The fourth-order valence-electron chi connectivity index (χ4n) is 2.11. The summed E-state index contributed by atoms with van der Waals surface area (Å²) in [6.45, 7) is 2.91. The molecule has 0 bridgehead atoms. The van der Waals surface area contributed by atoms with Gasteiger partial charge in [-0.05, 0) is 18.6 Å². The molecule has 2 rings (SSSR count). The third-order valence-electron chi connectivity index (χ3n) is 2.96. The van der Waals surface area contributed by atoms with Gasteiger partial charge in [-0.25, -0.2) is 0 Å². The van der Waals surface area contributed by atoms with Gasteiger partial charge < -0.3 is 20.4 Å². The molecule has 0 aromatic carbocycles. The first kappa shape index (κ1) is 12.6. The summed E-state index contributed by atoms with van der Waals surface area (Å²) in [7, 11) is 0. The van der Waals surface area contributed by atoms with Crippen LogP contribution in [-0.2, 0) is 11.3 Å². The van der Waals surface area contributed by atoms with Gasteiger partial charge in [0.1, 0.15) is 5.76 Å². The Morgan fingerprint density at radius 1 is 1.56 bits per heavy atom. The molecule has 1 aliphatic heterocycles. The van der Waals surface area contributed by atoms with Crippen LogP contribution in [0, 0.1) is 0 Å². The standard InChI is InChI=1S/C12H17N3O3/c1-8(16)14-9-4-5-15(7-9)12(17)11-3-2-10(6-13)18-11/h2-3,9H,4-7,13H2,1H3,(H,14,16). The molecule has 1 aliphatic rings. The van der Waals surface area contributed by atoms with E-state index in [1.807, 2.05) is 0 Å². The lowest BCUT2D eigenvalue weighted by molar-refractivity contribution is -0.119. The van der Waals surface area contributed by atoms with Crippen molar-refractivity contribution in [3.8, 4) is 0 Å². The Morgan fingerprint density at radius 2 is 2.33 bits per heavy atom. The van der Waals surface area contributed by atoms with E-state index in [-0.39, 0.29) is 24.4 Å². The molecule has 3 N–H and O–H groups in total. The Morgan fingerprint density at radius 3 is 2.94 bits per heavy atom. The predicted molar refractivity (Wildman–Crippen MR) is 64.7 cm³/mol. The van der Waals surface area contributed by atoms with Crippen LogP contribution in [0.4, 0.5) is 0 Å². The van der Waals surface area contributed by atoms with E-state index in [9.17, 15) is 9.59 Å². The largest absolute Gasteiger partial charge is 0.455 e. The first-order valence-corrected chi connectivity index (χ1v) is 5.95. The molecule has 1 aromatic rings. The number of nitrogens with zero attached hydrogens (tertiary/aromatic N) is 1. The summed E-state index contributed by atoms with van der Waals surface area (Å²) in [6, 6.07) is 3.38. The lowest BCUT2D eigenvalue weighted by Gasteiger charge is -2.15. The van der Waals surface area contributed by atoms with Crippen LogP contribution in [0.25, 0.3) is 0 Å². The molecular weight excluding hydrogens is 234 g/mol. The molecule has 2 heterocycles. The van der Waals surface area contributed by atoms with E-state index in [2.05, 4.69) is 5.32 Å². The number of hydrogen-bond donors (Lipinski definition) is 2. The van der Waals surface area contributed by atoms with E-state index in [4.69, 9.17) is 10.2 Å². The van der Waals surface area contributed by atoms with Crippen molar-refractivity contribution in [3.05, 3.63) is 23.7 Å². The quantitative estimate of drug-likeness (QED) is 0.796. The van der Waals surface area contributed by atoms with Crippen molar-refractivity contribution in [2.75, 3.05) is 13.1 Å². The first-order valence-electron chi connectivity index (χ1n) is 5.95. The van der Waals surface area contributed by atoms with Gasteiger partial charge in [0.2, 0.25) is 5.91 Å². The van der Waals surface area contributed by atoms with Crippen molar-refractivity contribution < 1.29 is 14.0 Å². The van der Waals surface area contributed by atoms with Crippen molar-refractivity contribution in [2.45, 2.75) is 25.9 Å². The minimum atomic E-state index is -0.150. The molecule has 0 saturated carbocycles. The molecule has 6 heteroatoms. The zero-order valence-corrected chi connectivity index (χ0v) is 10.3. The molecule has 1 unspecified atom stereocenters. The van der Waals surface area contributed by atoms with Gasteiger partial charge in [-0.1, -0.05) is 0 Å². The van der Waals surface area contributed by atoms with Crippen LogP contribution < -0.4 is 11.1 Å². The smallest absolute Gasteiger partial charge is 0.289 e. The van der Waals surface area contributed by atoms with Crippen molar-refractivity contribution in [1.29, 1.82) is 0 Å². The van der Waals surface area contributed by atoms with Crippen LogP contribution in [-0.4, -0.2) is 35.8 Å². The van der Waals surface area contributed by atoms with Crippen LogP contribution in [0.5, 0.6) is 0 Å². The van der Waals surface area contributed by atoms with Crippen molar-refractivity contribution in [1.82, 2.24) is 10.2 Å². The number of amides is 2. The van der Waals surface area contributed by atoms with Crippen LogP contribution in [0.15, 0.2) is 16.5 Å². The highest BCUT2D eigenvalue weighted by Crippen LogP contribution is 2.15. The highest BCUT2D eigenvalue weighted by molar-refractivity contribution is 5.91. The number of nitrogens with two attached hydrogens (primary N) is 1. The van der Waals surface area contributed by atoms with Crippen LogP contribution in [0.2, 0.25) is 0 Å². The van der Waals surface area contributed by atoms with E-state index in [0.29, 0.717) is 24.6 Å². The lowest BCUT2D eigenvalue weighted by Crippen LogP contribution is -2.37. The molecule has 6 nitrogen and oxygen atoms in total. The van der Waals surface area contributed by atoms with E-state index in [1.165, 1.54) is 6.92 Å². The van der Waals surface area contributed by atoms with Crippen LogP contribution in [0.1, 0.15) is 29.7 Å². The number of rotatable bonds is 3. The van der Waals surface area contributed by atoms with E-state index in [0.717, 1.165) is 6.42 Å². The van der Waals surface area contributed by atoms with Gasteiger partial charge in [0.05, 0.1) is 6.54 Å². The summed E-state index contributed by atoms with van der Waals surface area (Å²) in [5.74, 6) is 0.676. The summed E-state index contributed by atoms with van der Waals surface area (Å²) < 4.78 is 5.32.